The molecule has 6 aromatic carbocycles. The lowest BCUT2D eigenvalue weighted by Gasteiger charge is -2.34. The van der Waals surface area contributed by atoms with Gasteiger partial charge in [-0.05, 0) is 57.7 Å². The molecule has 2 heterocycles. The van der Waals surface area contributed by atoms with Gasteiger partial charge in [-0.2, -0.15) is 0 Å². The van der Waals surface area contributed by atoms with E-state index in [9.17, 15) is 9.90 Å². The molecule has 0 atom stereocenters. The average molecular weight is 694 g/mol. The lowest BCUT2D eigenvalue weighted by molar-refractivity contribution is 0.0696. The molecule has 53 heavy (non-hydrogen) atoms. The molecule has 0 bridgehead atoms. The number of fused-ring (bicyclic) bond motifs is 1. The molecule has 0 fully saturated rings. The zero-order chi connectivity index (χ0) is 36.2. The normalized spacial score (nSPS) is 11.4. The number of hydrogen-bond donors (Lipinski definition) is 1. The molecular weight excluding hydrogens is 659 g/mol. The van der Waals surface area contributed by atoms with Crippen molar-refractivity contribution >= 4 is 16.9 Å². The number of aryl methyl sites for hydroxylation is 1. The molecule has 0 radical (unpaired) electrons. The maximum absolute atomic E-state index is 12.6. The third-order valence-electron chi connectivity index (χ3n) is 9.46. The Bertz CT molecular complexity index is 2420. The number of rotatable bonds is 11. The summed E-state index contributed by atoms with van der Waals surface area (Å²) in [4.78, 5) is 19.1. The molecule has 0 aliphatic heterocycles. The second kappa shape index (κ2) is 14.4. The van der Waals surface area contributed by atoms with Gasteiger partial charge >= 0.3 is 5.97 Å². The monoisotopic (exact) mass is 693 g/mol. The molecule has 0 amide bonds. The van der Waals surface area contributed by atoms with Crippen LogP contribution in [0.4, 0.5) is 0 Å². The number of pyridine rings is 1. The van der Waals surface area contributed by atoms with Gasteiger partial charge in [-0.3, -0.25) is 0 Å². The van der Waals surface area contributed by atoms with Gasteiger partial charge in [0.25, 0.3) is 0 Å². The van der Waals surface area contributed by atoms with Crippen molar-refractivity contribution in [2.45, 2.75) is 25.3 Å². The smallest absolute Gasteiger partial charge is 0.340 e. The average Bonchev–Trinajstić information content (AvgIpc) is 3.70. The predicted molar refractivity (Wildman–Crippen MR) is 206 cm³/mol. The van der Waals surface area contributed by atoms with Crippen LogP contribution >= 0.6 is 0 Å². The maximum Gasteiger partial charge on any atom is 0.340 e. The Morgan fingerprint density at radius 1 is 0.679 bits per heavy atom. The molecule has 8 nitrogen and oxygen atoms in total. The van der Waals surface area contributed by atoms with E-state index >= 15 is 0 Å². The maximum atomic E-state index is 12.6. The van der Waals surface area contributed by atoms with Crippen LogP contribution in [0.1, 0.15) is 46.1 Å². The van der Waals surface area contributed by atoms with E-state index in [1.807, 2.05) is 128 Å². The zero-order valence-electron chi connectivity index (χ0n) is 29.0. The number of aromatic carboxylic acids is 1. The number of carboxylic acid groups (broad SMARTS) is 1. The van der Waals surface area contributed by atoms with E-state index in [2.05, 4.69) is 41.5 Å². The molecule has 1 N–H and O–H groups in total. The van der Waals surface area contributed by atoms with Gasteiger partial charge in [0.05, 0.1) is 11.2 Å². The Morgan fingerprint density at radius 3 is 1.81 bits per heavy atom. The van der Waals surface area contributed by atoms with Gasteiger partial charge in [0, 0.05) is 10.9 Å². The Labute approximate surface area is 307 Å². The number of nitrogens with zero attached hydrogens (tertiary/aromatic N) is 5. The summed E-state index contributed by atoms with van der Waals surface area (Å²) < 4.78 is 6.35. The summed E-state index contributed by atoms with van der Waals surface area (Å²) in [6.07, 6.45) is 1.37. The first-order valence-electron chi connectivity index (χ1n) is 17.6. The Balaban J connectivity index is 1.19. The largest absolute Gasteiger partial charge is 0.478 e. The summed E-state index contributed by atoms with van der Waals surface area (Å²) in [5, 5.41) is 25.4. The van der Waals surface area contributed by atoms with Gasteiger partial charge < -0.3 is 9.84 Å². The predicted octanol–water partition coefficient (Wildman–Crippen LogP) is 9.84. The molecule has 0 spiro atoms. The minimum atomic E-state index is -1.06. The van der Waals surface area contributed by atoms with Crippen molar-refractivity contribution in [1.29, 1.82) is 0 Å². The van der Waals surface area contributed by atoms with Crippen molar-refractivity contribution in [1.82, 2.24) is 25.2 Å². The van der Waals surface area contributed by atoms with E-state index in [4.69, 9.17) is 20.0 Å². The van der Waals surface area contributed by atoms with Crippen LogP contribution in [0, 0.1) is 0 Å². The minimum absolute atomic E-state index is 0.111. The number of para-hydroxylation sites is 1. The van der Waals surface area contributed by atoms with E-state index in [0.29, 0.717) is 34.6 Å². The van der Waals surface area contributed by atoms with Gasteiger partial charge in [-0.1, -0.05) is 159 Å². The van der Waals surface area contributed by atoms with Gasteiger partial charge in [0.15, 0.2) is 11.3 Å². The molecule has 0 aliphatic rings. The summed E-state index contributed by atoms with van der Waals surface area (Å²) in [5.41, 5.74) is 6.10. The van der Waals surface area contributed by atoms with E-state index in [1.165, 1.54) is 0 Å². The molecule has 0 saturated carbocycles. The van der Waals surface area contributed by atoms with Crippen LogP contribution in [0.25, 0.3) is 33.4 Å². The molecule has 258 valence electrons. The molecule has 8 rings (SSSR count). The van der Waals surface area contributed by atoms with Crippen LogP contribution in [0.2, 0.25) is 0 Å². The highest BCUT2D eigenvalue weighted by atomic mass is 16.5. The molecule has 0 unspecified atom stereocenters. The number of hydrogen-bond acceptors (Lipinski definition) is 6. The van der Waals surface area contributed by atoms with Crippen molar-refractivity contribution in [2.24, 2.45) is 0 Å². The fourth-order valence-corrected chi connectivity index (χ4v) is 7.07. The summed E-state index contributed by atoms with van der Waals surface area (Å²) >= 11 is 0. The van der Waals surface area contributed by atoms with E-state index in [0.717, 1.165) is 39.8 Å². The van der Waals surface area contributed by atoms with Crippen molar-refractivity contribution in [3.63, 3.8) is 0 Å². The number of carboxylic acids is 1. The number of carbonyl (C=O) groups is 1. The minimum Gasteiger partial charge on any atom is -0.478 e. The summed E-state index contributed by atoms with van der Waals surface area (Å²) in [7, 11) is 0. The van der Waals surface area contributed by atoms with E-state index in [1.54, 1.807) is 10.9 Å². The number of tetrazole rings is 1. The molecule has 2 aromatic heterocycles. The molecule has 0 aliphatic carbocycles. The number of ether oxygens (including phenoxy) is 1. The highest BCUT2D eigenvalue weighted by Crippen LogP contribution is 2.41. The quantitative estimate of drug-likeness (QED) is 0.135. The third-order valence-corrected chi connectivity index (χ3v) is 9.46. The van der Waals surface area contributed by atoms with Gasteiger partial charge in [0.1, 0.15) is 11.3 Å². The van der Waals surface area contributed by atoms with Gasteiger partial charge in [-0.25, -0.2) is 9.78 Å². The summed E-state index contributed by atoms with van der Waals surface area (Å²) in [6, 6.07) is 53.6. The molecule has 8 aromatic rings. The first-order valence-corrected chi connectivity index (χ1v) is 17.6. The van der Waals surface area contributed by atoms with Crippen molar-refractivity contribution < 1.29 is 14.6 Å². The van der Waals surface area contributed by atoms with Crippen LogP contribution in [0.5, 0.6) is 11.5 Å². The topological polar surface area (TPSA) is 103 Å². The fourth-order valence-electron chi connectivity index (χ4n) is 7.07. The Hall–Kier alpha value is -6.93. The van der Waals surface area contributed by atoms with Crippen molar-refractivity contribution in [3.05, 3.63) is 192 Å². The van der Waals surface area contributed by atoms with E-state index in [-0.39, 0.29) is 11.3 Å². The van der Waals surface area contributed by atoms with Crippen LogP contribution in [0.3, 0.4) is 0 Å². The van der Waals surface area contributed by atoms with Gasteiger partial charge in [0.2, 0.25) is 5.82 Å². The van der Waals surface area contributed by atoms with Crippen molar-refractivity contribution in [3.8, 4) is 34.0 Å². The van der Waals surface area contributed by atoms with Crippen LogP contribution < -0.4 is 4.74 Å². The number of aromatic nitrogens is 5. The van der Waals surface area contributed by atoms with Crippen LogP contribution in [-0.2, 0) is 12.0 Å². The first-order chi connectivity index (χ1) is 26.1. The lowest BCUT2D eigenvalue weighted by Crippen LogP contribution is -2.39. The molecule has 0 saturated heterocycles. The third kappa shape index (κ3) is 6.10. The highest BCUT2D eigenvalue weighted by molar-refractivity contribution is 6.05. The lowest BCUT2D eigenvalue weighted by atomic mass is 9.77. The summed E-state index contributed by atoms with van der Waals surface area (Å²) in [5.74, 6) is 0.194. The zero-order valence-corrected chi connectivity index (χ0v) is 29.0. The fraction of sp³-hybridized carbons (Fsp3) is 0.0889. The Morgan fingerprint density at radius 2 is 1.23 bits per heavy atom. The SMILES string of the molecule is CCCc1nc2ccccc2c(C(=O)O)c1Oc1ccc(-c2ccccc2-c2nnn(C(c3ccccc3)(c3ccccc3)c3ccccc3)n2)cc1. The van der Waals surface area contributed by atoms with Crippen LogP contribution in [-0.4, -0.2) is 36.3 Å². The number of benzene rings is 6. The molecular formula is C45H35N5O3. The Kier molecular flexibility index (Phi) is 9.00. The molecule has 8 heteroatoms. The second-order valence-corrected chi connectivity index (χ2v) is 12.7. The van der Waals surface area contributed by atoms with Gasteiger partial charge in [-0.15, -0.1) is 15.0 Å². The van der Waals surface area contributed by atoms with Crippen molar-refractivity contribution in [2.75, 3.05) is 0 Å². The second-order valence-electron chi connectivity index (χ2n) is 12.7. The standard InChI is InChI=1S/C45H35N5O3/c1-2-16-40-42(41(44(51)52)38-25-14-15-26-39(38)46-40)53-35-29-27-31(28-30-35)36-23-12-13-24-37(36)43-47-49-50(48-43)45(32-17-6-3-7-18-32,33-19-8-4-9-20-33)34-21-10-5-11-22-34/h3-15,17-30H,2,16H2,1H3,(H,51,52). The first kappa shape index (κ1) is 33.2. The van der Waals surface area contributed by atoms with E-state index < -0.39 is 11.5 Å². The van der Waals surface area contributed by atoms with Crippen LogP contribution in [0.15, 0.2) is 164 Å². The highest BCUT2D eigenvalue weighted by Gasteiger charge is 2.41. The summed E-state index contributed by atoms with van der Waals surface area (Å²) in [6.45, 7) is 2.03.